The summed E-state index contributed by atoms with van der Waals surface area (Å²) in [6.45, 7) is 5.65. The van der Waals surface area contributed by atoms with Crippen molar-refractivity contribution in [3.63, 3.8) is 0 Å². The van der Waals surface area contributed by atoms with Crippen molar-refractivity contribution in [2.75, 3.05) is 6.61 Å². The van der Waals surface area contributed by atoms with Crippen molar-refractivity contribution in [2.24, 2.45) is 0 Å². The summed E-state index contributed by atoms with van der Waals surface area (Å²) < 4.78 is 19.5. The van der Waals surface area contributed by atoms with E-state index in [1.165, 1.54) is 6.07 Å². The van der Waals surface area contributed by atoms with E-state index in [4.69, 9.17) is 4.74 Å². The van der Waals surface area contributed by atoms with Crippen molar-refractivity contribution in [1.29, 1.82) is 0 Å². The van der Waals surface area contributed by atoms with Gasteiger partial charge in [0, 0.05) is 17.3 Å². The van der Waals surface area contributed by atoms with Gasteiger partial charge in [-0.1, -0.05) is 61.2 Å². The first-order valence-electron chi connectivity index (χ1n) is 10.5. The Morgan fingerprint density at radius 2 is 1.81 bits per heavy atom. The third kappa shape index (κ3) is 6.63. The average Bonchev–Trinajstić information content (AvgIpc) is 2.78. The van der Waals surface area contributed by atoms with E-state index in [1.807, 2.05) is 37.3 Å². The maximum absolute atomic E-state index is 14.2. The number of aromatic nitrogens is 1. The molecule has 3 aromatic rings. The Bertz CT molecular complexity index is 1010. The van der Waals surface area contributed by atoms with Crippen LogP contribution in [0.3, 0.4) is 0 Å². The van der Waals surface area contributed by atoms with Crippen molar-refractivity contribution in [2.45, 2.75) is 32.3 Å². The van der Waals surface area contributed by atoms with E-state index in [0.29, 0.717) is 0 Å². The Labute approximate surface area is 183 Å². The number of hydrogen-bond donors (Lipinski definition) is 1. The first kappa shape index (κ1) is 22.4. The molecular weight excluding hydrogens is 389 g/mol. The number of rotatable bonds is 10. The minimum absolute atomic E-state index is 0.213. The molecule has 0 saturated carbocycles. The summed E-state index contributed by atoms with van der Waals surface area (Å²) in [6.07, 6.45) is 10.1. The number of hydrogen-bond acceptors (Lipinski definition) is 3. The van der Waals surface area contributed by atoms with Crippen LogP contribution in [0.15, 0.2) is 79.5 Å². The van der Waals surface area contributed by atoms with Gasteiger partial charge < -0.3 is 9.84 Å². The molecule has 1 N–H and O–H groups in total. The highest BCUT2D eigenvalue weighted by Gasteiger charge is 2.07. The quantitative estimate of drug-likeness (QED) is 0.295. The number of unbranched alkanes of at least 4 members (excludes halogenated alkanes) is 1. The molecule has 0 saturated heterocycles. The molecule has 1 aromatic heterocycles. The number of halogens is 1. The third-order valence-electron chi connectivity index (χ3n) is 4.89. The van der Waals surface area contributed by atoms with E-state index in [9.17, 15) is 9.50 Å². The van der Waals surface area contributed by atoms with Crippen LogP contribution in [0.25, 0.3) is 28.5 Å². The minimum atomic E-state index is -0.405. The predicted molar refractivity (Wildman–Crippen MR) is 125 cm³/mol. The molecule has 1 atom stereocenters. The van der Waals surface area contributed by atoms with Gasteiger partial charge in [0.2, 0.25) is 0 Å². The van der Waals surface area contributed by atoms with Crippen LogP contribution in [0.5, 0.6) is 5.75 Å². The van der Waals surface area contributed by atoms with Gasteiger partial charge in [-0.3, -0.25) is 4.98 Å². The Kier molecular flexibility index (Phi) is 8.13. The second-order valence-electron chi connectivity index (χ2n) is 7.48. The molecule has 3 rings (SSSR count). The highest BCUT2D eigenvalue weighted by Crippen LogP contribution is 2.27. The van der Waals surface area contributed by atoms with Crippen LogP contribution in [-0.2, 0) is 0 Å². The molecular formula is C27H28FNO2. The Morgan fingerprint density at radius 1 is 1.06 bits per heavy atom. The van der Waals surface area contributed by atoms with Crippen LogP contribution in [0.1, 0.15) is 31.7 Å². The molecule has 0 aliphatic carbocycles. The molecule has 0 aliphatic rings. The maximum atomic E-state index is 14.2. The molecule has 0 fully saturated rings. The van der Waals surface area contributed by atoms with Crippen LogP contribution >= 0.6 is 0 Å². The van der Waals surface area contributed by atoms with Crippen molar-refractivity contribution in [1.82, 2.24) is 4.98 Å². The van der Waals surface area contributed by atoms with E-state index in [1.54, 1.807) is 18.3 Å². The number of benzene rings is 2. The van der Waals surface area contributed by atoms with Crippen molar-refractivity contribution < 1.29 is 14.2 Å². The van der Waals surface area contributed by atoms with Crippen molar-refractivity contribution in [3.8, 4) is 28.1 Å². The zero-order valence-electron chi connectivity index (χ0n) is 17.8. The first-order chi connectivity index (χ1) is 15.1. The zero-order valence-corrected chi connectivity index (χ0v) is 17.8. The van der Waals surface area contributed by atoms with Crippen LogP contribution in [0, 0.1) is 5.82 Å². The first-order valence-corrected chi connectivity index (χ1v) is 10.5. The standard InChI is InChI=1S/C27H28FNO2/c1-3-17-31-27-16-14-23(18-25(27)28)24-13-15-26(29-19-24)22-11-9-21(10-12-22)8-6-4-5-7-20(2)30/h3,6,8-16,18-20,30H,1,4-5,7,17H2,2H3/b8-6+. The fourth-order valence-electron chi connectivity index (χ4n) is 3.20. The molecule has 1 unspecified atom stereocenters. The molecule has 0 aliphatic heterocycles. The smallest absolute Gasteiger partial charge is 0.165 e. The lowest BCUT2D eigenvalue weighted by molar-refractivity contribution is 0.182. The van der Waals surface area contributed by atoms with Gasteiger partial charge in [0.25, 0.3) is 0 Å². The molecule has 0 bridgehead atoms. The summed E-state index contributed by atoms with van der Waals surface area (Å²) >= 11 is 0. The Hall–Kier alpha value is -3.24. The number of allylic oxidation sites excluding steroid dienone is 1. The summed E-state index contributed by atoms with van der Waals surface area (Å²) in [5, 5.41) is 9.29. The second-order valence-corrected chi connectivity index (χ2v) is 7.48. The molecule has 3 nitrogen and oxygen atoms in total. The minimum Gasteiger partial charge on any atom is -0.486 e. The lowest BCUT2D eigenvalue weighted by Gasteiger charge is -2.08. The summed E-state index contributed by atoms with van der Waals surface area (Å²) in [7, 11) is 0. The second kappa shape index (κ2) is 11.2. The van der Waals surface area contributed by atoms with Gasteiger partial charge in [0.15, 0.2) is 11.6 Å². The molecule has 0 radical (unpaired) electrons. The number of ether oxygens (including phenoxy) is 1. The van der Waals surface area contributed by atoms with Crippen LogP contribution in [-0.4, -0.2) is 22.8 Å². The van der Waals surface area contributed by atoms with Gasteiger partial charge >= 0.3 is 0 Å². The van der Waals surface area contributed by atoms with Gasteiger partial charge in [-0.25, -0.2) is 4.39 Å². The van der Waals surface area contributed by atoms with Gasteiger partial charge in [0.1, 0.15) is 6.61 Å². The van der Waals surface area contributed by atoms with Crippen molar-refractivity contribution >= 4 is 6.08 Å². The van der Waals surface area contributed by atoms with E-state index >= 15 is 0 Å². The van der Waals surface area contributed by atoms with E-state index in [-0.39, 0.29) is 18.5 Å². The summed E-state index contributed by atoms with van der Waals surface area (Å²) in [5.74, 6) is -0.191. The molecule has 0 amide bonds. The van der Waals surface area contributed by atoms with E-state index in [0.717, 1.165) is 47.2 Å². The lowest BCUT2D eigenvalue weighted by Crippen LogP contribution is -1.97. The van der Waals surface area contributed by atoms with Crippen LogP contribution in [0.2, 0.25) is 0 Å². The molecule has 160 valence electrons. The Morgan fingerprint density at radius 3 is 2.45 bits per heavy atom. The summed E-state index contributed by atoms with van der Waals surface area (Å²) in [6, 6.07) is 17.0. The largest absolute Gasteiger partial charge is 0.486 e. The molecule has 2 aromatic carbocycles. The highest BCUT2D eigenvalue weighted by molar-refractivity contribution is 5.68. The van der Waals surface area contributed by atoms with Crippen LogP contribution in [0.4, 0.5) is 4.39 Å². The fourth-order valence-corrected chi connectivity index (χ4v) is 3.20. The highest BCUT2D eigenvalue weighted by atomic mass is 19.1. The molecule has 0 spiro atoms. The summed E-state index contributed by atoms with van der Waals surface area (Å²) in [4.78, 5) is 4.55. The van der Waals surface area contributed by atoms with Crippen LogP contribution < -0.4 is 4.74 Å². The number of pyridine rings is 1. The topological polar surface area (TPSA) is 42.4 Å². The number of aliphatic hydroxyl groups excluding tert-OH is 1. The Balaban J connectivity index is 1.64. The third-order valence-corrected chi connectivity index (χ3v) is 4.89. The molecule has 31 heavy (non-hydrogen) atoms. The SMILES string of the molecule is C=CCOc1ccc(-c2ccc(-c3ccc(/C=C/CCCC(C)O)cc3)nc2)cc1F. The normalized spacial score (nSPS) is 12.1. The monoisotopic (exact) mass is 417 g/mol. The zero-order chi connectivity index (χ0) is 22.1. The number of aliphatic hydroxyl groups is 1. The molecule has 4 heteroatoms. The summed E-state index contributed by atoms with van der Waals surface area (Å²) in [5.41, 5.74) is 4.61. The fraction of sp³-hybridized carbons (Fsp3) is 0.222. The predicted octanol–water partition coefficient (Wildman–Crippen LogP) is 6.68. The maximum Gasteiger partial charge on any atom is 0.165 e. The number of nitrogens with zero attached hydrogens (tertiary/aromatic N) is 1. The molecule has 1 heterocycles. The van der Waals surface area contributed by atoms with E-state index < -0.39 is 5.82 Å². The van der Waals surface area contributed by atoms with Gasteiger partial charge in [-0.2, -0.15) is 0 Å². The van der Waals surface area contributed by atoms with Gasteiger partial charge in [0.05, 0.1) is 11.8 Å². The van der Waals surface area contributed by atoms with Gasteiger partial charge in [-0.05, 0) is 55.5 Å². The lowest BCUT2D eigenvalue weighted by atomic mass is 10.0. The average molecular weight is 418 g/mol. The van der Waals surface area contributed by atoms with Crippen molar-refractivity contribution in [3.05, 3.63) is 90.9 Å². The van der Waals surface area contributed by atoms with E-state index in [2.05, 4.69) is 35.8 Å². The van der Waals surface area contributed by atoms with Gasteiger partial charge in [-0.15, -0.1) is 0 Å².